The molecule has 0 fully saturated rings. The van der Waals surface area contributed by atoms with Crippen molar-refractivity contribution in [1.29, 1.82) is 0 Å². The van der Waals surface area contributed by atoms with Crippen LogP contribution in [-0.4, -0.2) is 5.71 Å². The lowest BCUT2D eigenvalue weighted by molar-refractivity contribution is 0.664. The highest BCUT2D eigenvalue weighted by Crippen LogP contribution is 2.44. The fourth-order valence-corrected chi connectivity index (χ4v) is 8.15. The summed E-state index contributed by atoms with van der Waals surface area (Å²) in [6.45, 7) is 0. The normalized spacial score (nSPS) is 16.1. The number of allylic oxidation sites excluding steroid dienone is 1. The van der Waals surface area contributed by atoms with Crippen molar-refractivity contribution in [2.45, 2.75) is 12.2 Å². The molecule has 2 unspecified atom stereocenters. The fourth-order valence-electron chi connectivity index (χ4n) is 8.15. The van der Waals surface area contributed by atoms with E-state index in [9.17, 15) is 0 Å². The molecule has 0 bridgehead atoms. The van der Waals surface area contributed by atoms with E-state index >= 15 is 0 Å². The summed E-state index contributed by atoms with van der Waals surface area (Å²) in [6.07, 6.45) is 4.29. The van der Waals surface area contributed by atoms with Crippen LogP contribution in [-0.2, 0) is 0 Å². The lowest BCUT2D eigenvalue weighted by Crippen LogP contribution is -2.24. The second-order valence-corrected chi connectivity index (χ2v) is 14.4. The van der Waals surface area contributed by atoms with Crippen LogP contribution in [0.3, 0.4) is 0 Å². The van der Waals surface area contributed by atoms with Gasteiger partial charge < -0.3 is 10.6 Å². The summed E-state index contributed by atoms with van der Waals surface area (Å²) in [6, 6.07) is 71.5. The first-order valence-corrected chi connectivity index (χ1v) is 19.3. The van der Waals surface area contributed by atoms with Gasteiger partial charge in [0, 0.05) is 16.9 Å². The number of nitrogens with zero attached hydrogens (tertiary/aromatic N) is 1. The number of benzene rings is 8. The predicted octanol–water partition coefficient (Wildman–Crippen LogP) is 12.9. The van der Waals surface area contributed by atoms with Gasteiger partial charge in [0.15, 0.2) is 0 Å². The van der Waals surface area contributed by atoms with Crippen LogP contribution in [0.2, 0.25) is 0 Å². The molecule has 8 aromatic rings. The molecule has 0 spiro atoms. The van der Waals surface area contributed by atoms with Gasteiger partial charge in [-0.1, -0.05) is 188 Å². The molecule has 2 aliphatic rings. The summed E-state index contributed by atoms with van der Waals surface area (Å²) in [5.41, 5.74) is 16.2. The van der Waals surface area contributed by atoms with E-state index in [1.807, 2.05) is 0 Å². The van der Waals surface area contributed by atoms with E-state index in [1.165, 1.54) is 49.7 Å². The van der Waals surface area contributed by atoms with Crippen LogP contribution < -0.4 is 10.6 Å². The number of anilines is 1. The third kappa shape index (κ3) is 6.40. The number of fused-ring (bicyclic) bond motifs is 3. The third-order valence-electron chi connectivity index (χ3n) is 10.9. The van der Waals surface area contributed by atoms with Crippen LogP contribution in [0.4, 0.5) is 5.69 Å². The third-order valence-corrected chi connectivity index (χ3v) is 10.9. The van der Waals surface area contributed by atoms with E-state index in [4.69, 9.17) is 4.99 Å². The van der Waals surface area contributed by atoms with Gasteiger partial charge in [-0.3, -0.25) is 4.99 Å². The number of nitrogens with one attached hydrogen (secondary N) is 2. The first-order valence-electron chi connectivity index (χ1n) is 19.3. The summed E-state index contributed by atoms with van der Waals surface area (Å²) >= 11 is 0. The van der Waals surface area contributed by atoms with E-state index in [0.717, 1.165) is 39.3 Å². The van der Waals surface area contributed by atoms with Gasteiger partial charge in [0.2, 0.25) is 0 Å². The maximum Gasteiger partial charge on any atom is 0.145 e. The van der Waals surface area contributed by atoms with Crippen LogP contribution in [0.1, 0.15) is 45.6 Å². The Hall–Kier alpha value is -7.23. The van der Waals surface area contributed by atoms with Crippen LogP contribution in [0.25, 0.3) is 44.3 Å². The molecule has 8 aromatic carbocycles. The number of aliphatic imine (C=N–C) groups is 1. The quantitative estimate of drug-likeness (QED) is 0.172. The standard InChI is InChI=1S/C53H39N3/c1-5-15-36(16-6-1)37-27-29-41(30-28-37)51-35-50(40-21-11-4-12-22-40)55-53(56-51)43-24-13-23-42(33-43)44-25-14-26-46-45(44)31-32-48-52(46)47(38-17-7-2-8-18-38)34-49(54-48)39-19-9-3-10-20-39/h1-35,49,53-54,56H. The van der Waals surface area contributed by atoms with E-state index < -0.39 is 0 Å². The summed E-state index contributed by atoms with van der Waals surface area (Å²) in [7, 11) is 0. The SMILES string of the molecule is C1=C(c2ccc(-c3ccccc3)cc2)NC(c2cccc(-c3cccc4c5c(ccc34)NC(c3ccccc3)C=C5c3ccccc3)c2)N=C1c1ccccc1. The maximum atomic E-state index is 5.31. The zero-order valence-corrected chi connectivity index (χ0v) is 30.8. The van der Waals surface area contributed by atoms with E-state index in [2.05, 4.69) is 223 Å². The molecule has 0 radical (unpaired) electrons. The van der Waals surface area contributed by atoms with Crippen LogP contribution in [0.15, 0.2) is 217 Å². The van der Waals surface area contributed by atoms with Crippen molar-refractivity contribution in [3.63, 3.8) is 0 Å². The molecule has 0 aliphatic carbocycles. The van der Waals surface area contributed by atoms with Crippen molar-refractivity contribution in [3.8, 4) is 22.3 Å². The maximum absolute atomic E-state index is 5.31. The van der Waals surface area contributed by atoms with Gasteiger partial charge >= 0.3 is 0 Å². The second kappa shape index (κ2) is 14.5. The smallest absolute Gasteiger partial charge is 0.145 e. The lowest BCUT2D eigenvalue weighted by atomic mass is 9.85. The van der Waals surface area contributed by atoms with Crippen molar-refractivity contribution >= 4 is 33.4 Å². The highest BCUT2D eigenvalue weighted by Gasteiger charge is 2.25. The molecule has 0 aromatic heterocycles. The summed E-state index contributed by atoms with van der Waals surface area (Å²) in [5, 5.41) is 10.1. The Kier molecular flexibility index (Phi) is 8.66. The Labute approximate surface area is 328 Å². The fraction of sp³-hybridized carbons (Fsp3) is 0.0377. The molecule has 0 amide bonds. The summed E-state index contributed by atoms with van der Waals surface area (Å²) < 4.78 is 0. The molecule has 2 N–H and O–H groups in total. The van der Waals surface area contributed by atoms with Crippen molar-refractivity contribution in [2.24, 2.45) is 4.99 Å². The van der Waals surface area contributed by atoms with Crippen LogP contribution >= 0.6 is 0 Å². The molecule has 56 heavy (non-hydrogen) atoms. The Morgan fingerprint density at radius 3 is 1.73 bits per heavy atom. The van der Waals surface area contributed by atoms with E-state index in [1.54, 1.807) is 0 Å². The molecule has 2 aliphatic heterocycles. The summed E-state index contributed by atoms with van der Waals surface area (Å²) in [4.78, 5) is 5.31. The summed E-state index contributed by atoms with van der Waals surface area (Å²) in [5.74, 6) is 0. The van der Waals surface area contributed by atoms with Crippen molar-refractivity contribution in [1.82, 2.24) is 5.32 Å². The highest BCUT2D eigenvalue weighted by atomic mass is 15.1. The second-order valence-electron chi connectivity index (χ2n) is 14.4. The van der Waals surface area contributed by atoms with Gasteiger partial charge in [-0.05, 0) is 90.7 Å². The van der Waals surface area contributed by atoms with Gasteiger partial charge in [0.25, 0.3) is 0 Å². The Morgan fingerprint density at radius 1 is 0.411 bits per heavy atom. The minimum Gasteiger partial charge on any atom is -0.374 e. The molecule has 0 saturated heterocycles. The molecule has 0 saturated carbocycles. The highest BCUT2D eigenvalue weighted by molar-refractivity contribution is 6.13. The molecular formula is C53H39N3. The van der Waals surface area contributed by atoms with Gasteiger partial charge in [-0.2, -0.15) is 0 Å². The van der Waals surface area contributed by atoms with Gasteiger partial charge in [0.1, 0.15) is 6.17 Å². The van der Waals surface area contributed by atoms with Gasteiger partial charge in [0.05, 0.1) is 11.8 Å². The molecule has 2 atom stereocenters. The monoisotopic (exact) mass is 717 g/mol. The van der Waals surface area contributed by atoms with E-state index in [0.29, 0.717) is 0 Å². The zero-order valence-electron chi connectivity index (χ0n) is 30.8. The molecule has 2 heterocycles. The van der Waals surface area contributed by atoms with E-state index in [-0.39, 0.29) is 12.2 Å². The average Bonchev–Trinajstić information content (AvgIpc) is 3.29. The predicted molar refractivity (Wildman–Crippen MR) is 234 cm³/mol. The van der Waals surface area contributed by atoms with Crippen LogP contribution in [0, 0.1) is 0 Å². The van der Waals surface area contributed by atoms with Crippen molar-refractivity contribution in [3.05, 3.63) is 246 Å². The van der Waals surface area contributed by atoms with Gasteiger partial charge in [-0.15, -0.1) is 0 Å². The number of rotatable bonds is 7. The topological polar surface area (TPSA) is 36.4 Å². The molecular weight excluding hydrogens is 679 g/mol. The first kappa shape index (κ1) is 33.3. The lowest BCUT2D eigenvalue weighted by Gasteiger charge is -2.29. The first-order chi connectivity index (χ1) is 27.7. The Balaban J connectivity index is 1.04. The Bertz CT molecular complexity index is 2770. The van der Waals surface area contributed by atoms with Crippen molar-refractivity contribution in [2.75, 3.05) is 5.32 Å². The molecule has 3 nitrogen and oxygen atoms in total. The van der Waals surface area contributed by atoms with Gasteiger partial charge in [-0.25, -0.2) is 0 Å². The average molecular weight is 718 g/mol. The number of hydrogen-bond acceptors (Lipinski definition) is 3. The zero-order chi connectivity index (χ0) is 37.3. The molecule has 10 rings (SSSR count). The number of hydrogen-bond donors (Lipinski definition) is 2. The van der Waals surface area contributed by atoms with Crippen molar-refractivity contribution < 1.29 is 0 Å². The molecule has 266 valence electrons. The largest absolute Gasteiger partial charge is 0.374 e. The minimum absolute atomic E-state index is 0.0706. The van der Waals surface area contributed by atoms with Crippen LogP contribution in [0.5, 0.6) is 0 Å². The Morgan fingerprint density at radius 2 is 1.00 bits per heavy atom. The molecule has 3 heteroatoms. The minimum atomic E-state index is -0.270.